The van der Waals surface area contributed by atoms with Gasteiger partial charge in [0.2, 0.25) is 0 Å². The topological polar surface area (TPSA) is 18.5 Å². The molecule has 0 heterocycles. The van der Waals surface area contributed by atoms with E-state index < -0.39 is 10.0 Å². The van der Waals surface area contributed by atoms with Crippen molar-refractivity contribution in [2.75, 3.05) is 13.2 Å². The summed E-state index contributed by atoms with van der Waals surface area (Å²) in [5, 5.41) is 0. The number of rotatable bonds is 12. The fourth-order valence-corrected chi connectivity index (χ4v) is 3.95. The molecule has 25 heavy (non-hydrogen) atoms. The maximum absolute atomic E-state index is 5.81. The number of aryl methyl sites for hydroxylation is 2. The van der Waals surface area contributed by atoms with Crippen LogP contribution in [0.5, 0.6) is 0 Å². The first-order valence-electron chi connectivity index (χ1n) is 9.47. The zero-order valence-corrected chi connectivity index (χ0v) is 17.1. The van der Waals surface area contributed by atoms with Gasteiger partial charge < -0.3 is 8.85 Å². The highest BCUT2D eigenvalue weighted by molar-refractivity contribution is 6.17. The Bertz CT molecular complexity index is 507. The molecular formula is C22H32O2Si. The molecule has 2 aromatic carbocycles. The van der Waals surface area contributed by atoms with E-state index in [1.165, 1.54) is 24.0 Å². The van der Waals surface area contributed by atoms with Gasteiger partial charge >= 0.3 is 10.0 Å². The van der Waals surface area contributed by atoms with Gasteiger partial charge in [0.05, 0.1) is 0 Å². The van der Waals surface area contributed by atoms with Crippen LogP contribution in [-0.4, -0.2) is 23.2 Å². The Morgan fingerprint density at radius 2 is 1.08 bits per heavy atom. The van der Waals surface area contributed by atoms with Gasteiger partial charge in [-0.2, -0.15) is 0 Å². The van der Waals surface area contributed by atoms with Crippen LogP contribution in [0.2, 0.25) is 0 Å². The molecule has 2 nitrogen and oxygen atoms in total. The molecule has 0 fully saturated rings. The molecule has 3 heteroatoms. The Kier molecular flexibility index (Phi) is 9.56. The van der Waals surface area contributed by atoms with Crippen molar-refractivity contribution in [1.29, 1.82) is 0 Å². The molecule has 0 aliphatic heterocycles. The van der Waals surface area contributed by atoms with E-state index in [-0.39, 0.29) is 0 Å². The van der Waals surface area contributed by atoms with Crippen molar-refractivity contribution in [3.63, 3.8) is 0 Å². The normalized spacial score (nSPS) is 14.0. The van der Waals surface area contributed by atoms with E-state index in [0.29, 0.717) is 11.8 Å². The summed E-state index contributed by atoms with van der Waals surface area (Å²) in [4.78, 5) is 0. The molecule has 0 radical (unpaired) electrons. The van der Waals surface area contributed by atoms with E-state index in [2.05, 4.69) is 74.5 Å². The molecule has 136 valence electrons. The first-order chi connectivity index (χ1) is 12.2. The molecule has 0 spiro atoms. The van der Waals surface area contributed by atoms with Gasteiger partial charge in [-0.25, -0.2) is 0 Å². The Balaban J connectivity index is 1.47. The maximum Gasteiger partial charge on any atom is 0.304 e. The first-order valence-corrected chi connectivity index (χ1v) is 10.6. The quantitative estimate of drug-likeness (QED) is 0.410. The van der Waals surface area contributed by atoms with E-state index in [1.54, 1.807) is 0 Å². The zero-order valence-electron chi connectivity index (χ0n) is 15.7. The summed E-state index contributed by atoms with van der Waals surface area (Å²) < 4.78 is 11.6. The van der Waals surface area contributed by atoms with Gasteiger partial charge in [-0.05, 0) is 48.6 Å². The lowest BCUT2D eigenvalue weighted by Gasteiger charge is -2.14. The highest BCUT2D eigenvalue weighted by atomic mass is 28.3. The molecule has 0 aliphatic rings. The van der Waals surface area contributed by atoms with Crippen LogP contribution in [0.4, 0.5) is 0 Å². The highest BCUT2D eigenvalue weighted by Crippen LogP contribution is 2.11. The second-order valence-electron chi connectivity index (χ2n) is 7.12. The van der Waals surface area contributed by atoms with E-state index in [1.807, 2.05) is 0 Å². The van der Waals surface area contributed by atoms with Gasteiger partial charge in [0.15, 0.2) is 0 Å². The molecule has 0 aromatic heterocycles. The van der Waals surface area contributed by atoms with Crippen molar-refractivity contribution in [3.05, 3.63) is 71.8 Å². The maximum atomic E-state index is 5.81. The van der Waals surface area contributed by atoms with Gasteiger partial charge in [-0.1, -0.05) is 74.5 Å². The molecule has 2 atom stereocenters. The van der Waals surface area contributed by atoms with Gasteiger partial charge in [0, 0.05) is 13.2 Å². The van der Waals surface area contributed by atoms with Crippen LogP contribution in [0.15, 0.2) is 60.7 Å². The summed E-state index contributed by atoms with van der Waals surface area (Å²) in [7, 11) is -0.834. The highest BCUT2D eigenvalue weighted by Gasteiger charge is 2.05. The Morgan fingerprint density at radius 3 is 1.48 bits per heavy atom. The monoisotopic (exact) mass is 356 g/mol. The first kappa shape index (κ1) is 19.9. The van der Waals surface area contributed by atoms with Crippen molar-refractivity contribution in [2.45, 2.75) is 39.5 Å². The predicted molar refractivity (Wildman–Crippen MR) is 108 cm³/mol. The van der Waals surface area contributed by atoms with Crippen molar-refractivity contribution in [2.24, 2.45) is 11.8 Å². The predicted octanol–water partition coefficient (Wildman–Crippen LogP) is 4.56. The molecule has 0 aliphatic carbocycles. The Hall–Kier alpha value is -1.42. The standard InChI is InChI=1S/C22H32O2Si/c1-19(13-15-21-9-5-3-6-10-21)17-23-25-24-18-20(2)14-16-22-11-7-4-8-12-22/h3-12,19-20H,13-18,25H2,1-2H3. The third-order valence-electron chi connectivity index (χ3n) is 4.51. The third-order valence-corrected chi connectivity index (χ3v) is 5.31. The average molecular weight is 357 g/mol. The molecule has 0 saturated carbocycles. The molecule has 0 amide bonds. The summed E-state index contributed by atoms with van der Waals surface area (Å²) in [6.07, 6.45) is 4.60. The minimum Gasteiger partial charge on any atom is -0.399 e. The van der Waals surface area contributed by atoms with Crippen LogP contribution in [0.25, 0.3) is 0 Å². The summed E-state index contributed by atoms with van der Waals surface area (Å²) in [6.45, 7) is 6.19. The molecule has 2 aromatic rings. The molecular weight excluding hydrogens is 324 g/mol. The molecule has 0 bridgehead atoms. The summed E-state index contributed by atoms with van der Waals surface area (Å²) >= 11 is 0. The smallest absolute Gasteiger partial charge is 0.304 e. The largest absolute Gasteiger partial charge is 0.399 e. The Morgan fingerprint density at radius 1 is 0.680 bits per heavy atom. The van der Waals surface area contributed by atoms with Crippen LogP contribution in [0, 0.1) is 11.8 Å². The van der Waals surface area contributed by atoms with Crippen LogP contribution < -0.4 is 0 Å². The minimum atomic E-state index is -0.834. The number of benzene rings is 2. The SMILES string of the molecule is CC(CCc1ccccc1)CO[SiH2]OCC(C)CCc1ccccc1. The third kappa shape index (κ3) is 9.01. The lowest BCUT2D eigenvalue weighted by atomic mass is 10.0. The second-order valence-corrected chi connectivity index (χ2v) is 8.17. The second kappa shape index (κ2) is 12.0. The van der Waals surface area contributed by atoms with E-state index in [9.17, 15) is 0 Å². The van der Waals surface area contributed by atoms with Gasteiger partial charge in [0.1, 0.15) is 0 Å². The Labute approximate surface area is 155 Å². The van der Waals surface area contributed by atoms with Crippen LogP contribution in [-0.2, 0) is 21.7 Å². The van der Waals surface area contributed by atoms with E-state index in [4.69, 9.17) is 8.85 Å². The summed E-state index contributed by atoms with van der Waals surface area (Å²) in [6, 6.07) is 21.4. The van der Waals surface area contributed by atoms with Crippen LogP contribution in [0.3, 0.4) is 0 Å². The zero-order chi connectivity index (χ0) is 17.7. The number of hydrogen-bond acceptors (Lipinski definition) is 2. The van der Waals surface area contributed by atoms with Gasteiger partial charge in [0.25, 0.3) is 0 Å². The summed E-state index contributed by atoms with van der Waals surface area (Å²) in [5.74, 6) is 1.18. The number of hydrogen-bond donors (Lipinski definition) is 0. The van der Waals surface area contributed by atoms with Crippen LogP contribution >= 0.6 is 0 Å². The van der Waals surface area contributed by atoms with Crippen molar-refractivity contribution in [1.82, 2.24) is 0 Å². The van der Waals surface area contributed by atoms with E-state index in [0.717, 1.165) is 26.1 Å². The van der Waals surface area contributed by atoms with Crippen molar-refractivity contribution >= 4 is 10.0 Å². The van der Waals surface area contributed by atoms with Crippen molar-refractivity contribution < 1.29 is 8.85 Å². The fourth-order valence-electron chi connectivity index (χ4n) is 2.84. The van der Waals surface area contributed by atoms with Gasteiger partial charge in [-0.15, -0.1) is 0 Å². The average Bonchev–Trinajstić information content (AvgIpc) is 2.66. The van der Waals surface area contributed by atoms with E-state index >= 15 is 0 Å². The minimum absolute atomic E-state index is 0.590. The molecule has 2 rings (SSSR count). The molecule has 2 unspecified atom stereocenters. The molecule has 0 saturated heterocycles. The van der Waals surface area contributed by atoms with Crippen molar-refractivity contribution in [3.8, 4) is 0 Å². The lowest BCUT2D eigenvalue weighted by Crippen LogP contribution is -2.15. The van der Waals surface area contributed by atoms with Crippen LogP contribution in [0.1, 0.15) is 37.8 Å². The van der Waals surface area contributed by atoms with Gasteiger partial charge in [-0.3, -0.25) is 0 Å². The fraction of sp³-hybridized carbons (Fsp3) is 0.455. The molecule has 0 N–H and O–H groups in total. The lowest BCUT2D eigenvalue weighted by molar-refractivity contribution is 0.173. The summed E-state index contributed by atoms with van der Waals surface area (Å²) in [5.41, 5.74) is 2.82.